The number of rotatable bonds is 9. The highest BCUT2D eigenvalue weighted by molar-refractivity contribution is 7.92. The zero-order valence-electron chi connectivity index (χ0n) is 21.4. The molecule has 0 aliphatic carbocycles. The minimum Gasteiger partial charge on any atom is -0.322 e. The molecule has 2 N–H and O–H groups in total. The molecule has 12 heteroatoms. The van der Waals surface area contributed by atoms with Gasteiger partial charge in [-0.15, -0.1) is 0 Å². The van der Waals surface area contributed by atoms with Crippen LogP contribution in [0.15, 0.2) is 95.9 Å². The standard InChI is InChI=1S/C28H25Cl2N3O5S2/c1-19-5-3-4-6-21(19)18-33(39(2,35)36)24-12-7-20(8-13-24)28(34)31-23-10-14-25(15-11-23)40(37,38)32-27-16-9-22(29)17-26(27)30/h3-17,32H,18H2,1-2H3,(H,31,34). The normalized spacial score (nSPS) is 11.6. The molecular weight excluding hydrogens is 593 g/mol. The van der Waals surface area contributed by atoms with Gasteiger partial charge in [0.2, 0.25) is 10.0 Å². The van der Waals surface area contributed by atoms with E-state index in [1.807, 2.05) is 31.2 Å². The van der Waals surface area contributed by atoms with Gasteiger partial charge in [-0.05, 0) is 84.8 Å². The van der Waals surface area contributed by atoms with Crippen LogP contribution in [0, 0.1) is 6.92 Å². The molecule has 40 heavy (non-hydrogen) atoms. The maximum atomic E-state index is 12.8. The first-order valence-electron chi connectivity index (χ1n) is 11.8. The summed E-state index contributed by atoms with van der Waals surface area (Å²) < 4.78 is 54.2. The lowest BCUT2D eigenvalue weighted by molar-refractivity contribution is 0.102. The fraction of sp³-hybridized carbons (Fsp3) is 0.107. The number of anilines is 3. The average molecular weight is 619 g/mol. The number of halogens is 2. The predicted octanol–water partition coefficient (Wildman–Crippen LogP) is 6.32. The van der Waals surface area contributed by atoms with Crippen LogP contribution in [-0.4, -0.2) is 29.0 Å². The first-order valence-corrected chi connectivity index (χ1v) is 15.9. The Bertz CT molecular complexity index is 1760. The second kappa shape index (κ2) is 11.9. The zero-order valence-corrected chi connectivity index (χ0v) is 24.6. The van der Waals surface area contributed by atoms with E-state index in [2.05, 4.69) is 10.0 Å². The van der Waals surface area contributed by atoms with Gasteiger partial charge in [0.1, 0.15) is 0 Å². The molecule has 0 radical (unpaired) electrons. The summed E-state index contributed by atoms with van der Waals surface area (Å²) >= 11 is 11.9. The molecular formula is C28H25Cl2N3O5S2. The monoisotopic (exact) mass is 617 g/mol. The molecule has 0 saturated heterocycles. The van der Waals surface area contributed by atoms with Gasteiger partial charge in [0, 0.05) is 16.3 Å². The molecule has 0 aliphatic heterocycles. The van der Waals surface area contributed by atoms with Crippen LogP contribution in [-0.2, 0) is 26.6 Å². The lowest BCUT2D eigenvalue weighted by Gasteiger charge is -2.23. The van der Waals surface area contributed by atoms with E-state index in [0.29, 0.717) is 22.0 Å². The highest BCUT2D eigenvalue weighted by Crippen LogP contribution is 2.28. The number of hydrogen-bond acceptors (Lipinski definition) is 5. The van der Waals surface area contributed by atoms with E-state index >= 15 is 0 Å². The number of carbonyl (C=O) groups excluding carboxylic acids is 1. The van der Waals surface area contributed by atoms with E-state index < -0.39 is 26.0 Å². The van der Waals surface area contributed by atoms with Gasteiger partial charge in [0.05, 0.1) is 34.1 Å². The first-order chi connectivity index (χ1) is 18.8. The molecule has 0 atom stereocenters. The zero-order chi connectivity index (χ0) is 29.1. The van der Waals surface area contributed by atoms with Crippen molar-refractivity contribution in [1.82, 2.24) is 0 Å². The van der Waals surface area contributed by atoms with Gasteiger partial charge in [-0.25, -0.2) is 16.8 Å². The van der Waals surface area contributed by atoms with Gasteiger partial charge >= 0.3 is 0 Å². The molecule has 4 aromatic carbocycles. The Labute approximate surface area is 243 Å². The van der Waals surface area contributed by atoms with E-state index in [1.54, 1.807) is 12.1 Å². The van der Waals surface area contributed by atoms with Crippen molar-refractivity contribution in [1.29, 1.82) is 0 Å². The predicted molar refractivity (Wildman–Crippen MR) is 160 cm³/mol. The highest BCUT2D eigenvalue weighted by atomic mass is 35.5. The molecule has 208 valence electrons. The lowest BCUT2D eigenvalue weighted by Crippen LogP contribution is -2.29. The molecule has 0 aromatic heterocycles. The number of nitrogens with one attached hydrogen (secondary N) is 2. The molecule has 0 saturated carbocycles. The fourth-order valence-corrected chi connectivity index (χ4v) is 6.29. The van der Waals surface area contributed by atoms with Crippen LogP contribution in [0.25, 0.3) is 0 Å². The van der Waals surface area contributed by atoms with Gasteiger partial charge in [-0.1, -0.05) is 47.5 Å². The smallest absolute Gasteiger partial charge is 0.261 e. The van der Waals surface area contributed by atoms with Crippen LogP contribution in [0.4, 0.5) is 17.1 Å². The van der Waals surface area contributed by atoms with Gasteiger partial charge in [0.15, 0.2) is 0 Å². The first kappa shape index (κ1) is 29.4. The summed E-state index contributed by atoms with van der Waals surface area (Å²) in [5.74, 6) is -0.446. The summed E-state index contributed by atoms with van der Waals surface area (Å²) in [4.78, 5) is 12.8. The van der Waals surface area contributed by atoms with Crippen molar-refractivity contribution in [2.45, 2.75) is 18.4 Å². The SMILES string of the molecule is Cc1ccccc1CN(c1ccc(C(=O)Nc2ccc(S(=O)(=O)Nc3ccc(Cl)cc3Cl)cc2)cc1)S(C)(=O)=O. The Kier molecular flexibility index (Phi) is 8.74. The Hall–Kier alpha value is -3.57. The summed E-state index contributed by atoms with van der Waals surface area (Å²) in [6.45, 7) is 2.07. The molecule has 0 heterocycles. The van der Waals surface area contributed by atoms with E-state index in [1.165, 1.54) is 58.9 Å². The van der Waals surface area contributed by atoms with Gasteiger partial charge in [-0.3, -0.25) is 13.8 Å². The van der Waals surface area contributed by atoms with Gasteiger partial charge in [-0.2, -0.15) is 0 Å². The number of aryl methyl sites for hydroxylation is 1. The summed E-state index contributed by atoms with van der Waals surface area (Å²) in [6, 6.07) is 23.7. The van der Waals surface area contributed by atoms with Crippen LogP contribution in [0.3, 0.4) is 0 Å². The second-order valence-electron chi connectivity index (χ2n) is 8.95. The molecule has 4 rings (SSSR count). The van der Waals surface area contributed by atoms with Crippen LogP contribution in [0.2, 0.25) is 10.0 Å². The maximum Gasteiger partial charge on any atom is 0.261 e. The van der Waals surface area contributed by atoms with E-state index in [4.69, 9.17) is 23.2 Å². The van der Waals surface area contributed by atoms with Crippen LogP contribution in [0.5, 0.6) is 0 Å². The number of nitrogens with zero attached hydrogens (tertiary/aromatic N) is 1. The quantitative estimate of drug-likeness (QED) is 0.228. The molecule has 0 unspecified atom stereocenters. The van der Waals surface area contributed by atoms with Crippen molar-refractivity contribution in [2.75, 3.05) is 20.6 Å². The van der Waals surface area contributed by atoms with Crippen molar-refractivity contribution < 1.29 is 21.6 Å². The van der Waals surface area contributed by atoms with Crippen LogP contribution in [0.1, 0.15) is 21.5 Å². The molecule has 1 amide bonds. The van der Waals surface area contributed by atoms with Crippen molar-refractivity contribution in [3.05, 3.63) is 118 Å². The van der Waals surface area contributed by atoms with Crippen molar-refractivity contribution >= 4 is 66.2 Å². The largest absolute Gasteiger partial charge is 0.322 e. The molecule has 4 aromatic rings. The number of sulfonamides is 2. The van der Waals surface area contributed by atoms with Crippen molar-refractivity contribution in [2.24, 2.45) is 0 Å². The number of amides is 1. The maximum absolute atomic E-state index is 12.8. The van der Waals surface area contributed by atoms with Crippen molar-refractivity contribution in [3.8, 4) is 0 Å². The number of hydrogen-bond donors (Lipinski definition) is 2. The molecule has 0 bridgehead atoms. The van der Waals surface area contributed by atoms with Crippen LogP contribution < -0.4 is 14.3 Å². The lowest BCUT2D eigenvalue weighted by atomic mass is 10.1. The Balaban J connectivity index is 1.46. The molecule has 0 aliphatic rings. The van der Waals surface area contributed by atoms with E-state index in [9.17, 15) is 21.6 Å². The third-order valence-electron chi connectivity index (χ3n) is 5.99. The fourth-order valence-electron chi connectivity index (χ4n) is 3.82. The second-order valence-corrected chi connectivity index (χ2v) is 13.4. The Morgan fingerprint density at radius 2 is 1.50 bits per heavy atom. The summed E-state index contributed by atoms with van der Waals surface area (Å²) in [7, 11) is -7.53. The molecule has 0 spiro atoms. The molecule has 8 nitrogen and oxygen atoms in total. The Morgan fingerprint density at radius 3 is 2.10 bits per heavy atom. The average Bonchev–Trinajstić information content (AvgIpc) is 2.89. The van der Waals surface area contributed by atoms with Crippen molar-refractivity contribution in [3.63, 3.8) is 0 Å². The van der Waals surface area contributed by atoms with Crippen LogP contribution >= 0.6 is 23.2 Å². The third kappa shape index (κ3) is 7.14. The minimum absolute atomic E-state index is 0.0320. The summed E-state index contributed by atoms with van der Waals surface area (Å²) in [5.41, 5.74) is 3.10. The molecule has 0 fully saturated rings. The summed E-state index contributed by atoms with van der Waals surface area (Å²) in [6.07, 6.45) is 1.13. The van der Waals surface area contributed by atoms with E-state index in [-0.39, 0.29) is 22.2 Å². The van der Waals surface area contributed by atoms with Gasteiger partial charge < -0.3 is 5.32 Å². The number of benzene rings is 4. The minimum atomic E-state index is -3.94. The highest BCUT2D eigenvalue weighted by Gasteiger charge is 2.20. The number of carbonyl (C=O) groups is 1. The third-order valence-corrected chi connectivity index (χ3v) is 9.06. The van der Waals surface area contributed by atoms with E-state index in [0.717, 1.165) is 17.4 Å². The topological polar surface area (TPSA) is 113 Å². The summed E-state index contributed by atoms with van der Waals surface area (Å²) in [5, 5.41) is 3.23. The van der Waals surface area contributed by atoms with Gasteiger partial charge in [0.25, 0.3) is 15.9 Å². The Morgan fingerprint density at radius 1 is 0.850 bits per heavy atom.